The Morgan fingerprint density at radius 1 is 0.364 bits per heavy atom. The number of hydrogen-bond acceptors (Lipinski definition) is 1. The van der Waals surface area contributed by atoms with Crippen LogP contribution < -0.4 is 4.90 Å². The third kappa shape index (κ3) is 3.75. The van der Waals surface area contributed by atoms with E-state index in [1.54, 1.807) is 0 Å². The third-order valence-electron chi connectivity index (χ3n) is 8.93. The summed E-state index contributed by atoms with van der Waals surface area (Å²) < 4.78 is 2.37. The van der Waals surface area contributed by atoms with E-state index in [-0.39, 0.29) is 0 Å². The zero-order valence-electron chi connectivity index (χ0n) is 24.1. The van der Waals surface area contributed by atoms with Gasteiger partial charge in [0, 0.05) is 33.2 Å². The predicted octanol–water partition coefficient (Wildman–Crippen LogP) is 11.7. The molecule has 8 aromatic carbocycles. The van der Waals surface area contributed by atoms with Crippen LogP contribution in [0, 0.1) is 0 Å². The van der Waals surface area contributed by atoms with Crippen molar-refractivity contribution in [3.63, 3.8) is 0 Å². The van der Waals surface area contributed by atoms with Crippen LogP contribution in [-0.2, 0) is 0 Å². The maximum absolute atomic E-state index is 2.40. The van der Waals surface area contributed by atoms with E-state index >= 15 is 0 Å². The van der Waals surface area contributed by atoms with Crippen LogP contribution >= 0.6 is 0 Å². The molecule has 0 unspecified atom stereocenters. The second kappa shape index (κ2) is 9.86. The van der Waals surface area contributed by atoms with E-state index in [0.29, 0.717) is 0 Å². The molecule has 0 saturated heterocycles. The normalized spacial score (nSPS) is 11.6. The van der Waals surface area contributed by atoms with Crippen molar-refractivity contribution in [2.45, 2.75) is 0 Å². The summed E-state index contributed by atoms with van der Waals surface area (Å²) in [4.78, 5) is 2.40. The molecule has 206 valence electrons. The number of benzene rings is 8. The minimum atomic E-state index is 1.12. The number of anilines is 3. The molecule has 0 fully saturated rings. The lowest BCUT2D eigenvalue weighted by Gasteiger charge is -2.28. The van der Waals surface area contributed by atoms with E-state index in [9.17, 15) is 0 Å². The molecular formula is C42H28N2. The average molecular weight is 561 g/mol. The molecular weight excluding hydrogens is 532 g/mol. The molecule has 0 spiro atoms. The Kier molecular flexibility index (Phi) is 5.54. The molecule has 9 rings (SSSR count). The van der Waals surface area contributed by atoms with E-state index in [1.807, 2.05) is 0 Å². The van der Waals surface area contributed by atoms with Crippen molar-refractivity contribution in [1.29, 1.82) is 0 Å². The molecule has 0 aliphatic carbocycles. The molecule has 0 radical (unpaired) electrons. The van der Waals surface area contributed by atoms with Gasteiger partial charge in [0.2, 0.25) is 0 Å². The Balaban J connectivity index is 1.27. The van der Waals surface area contributed by atoms with Crippen molar-refractivity contribution in [2.24, 2.45) is 0 Å². The van der Waals surface area contributed by atoms with Crippen molar-refractivity contribution >= 4 is 71.2 Å². The molecule has 44 heavy (non-hydrogen) atoms. The molecule has 0 saturated carbocycles. The number of rotatable bonds is 4. The summed E-state index contributed by atoms with van der Waals surface area (Å²) in [7, 11) is 0. The summed E-state index contributed by atoms with van der Waals surface area (Å²) in [5.41, 5.74) is 6.99. The summed E-state index contributed by atoms with van der Waals surface area (Å²) in [6, 6.07) is 61.5. The van der Waals surface area contributed by atoms with Crippen LogP contribution in [0.25, 0.3) is 59.8 Å². The van der Waals surface area contributed by atoms with E-state index in [4.69, 9.17) is 0 Å². The van der Waals surface area contributed by atoms with Gasteiger partial charge in [0.1, 0.15) is 0 Å². The van der Waals surface area contributed by atoms with E-state index in [0.717, 1.165) is 17.1 Å². The highest BCUT2D eigenvalue weighted by molar-refractivity contribution is 6.23. The van der Waals surface area contributed by atoms with Gasteiger partial charge in [-0.05, 0) is 81.5 Å². The second-order valence-electron chi connectivity index (χ2n) is 11.4. The second-order valence-corrected chi connectivity index (χ2v) is 11.4. The van der Waals surface area contributed by atoms with Crippen LogP contribution in [0.4, 0.5) is 17.1 Å². The largest absolute Gasteiger partial charge is 0.310 e. The SMILES string of the molecule is c1ccc(N(c2ccc(-n3c4ccccc4c4ccccc43)cc2)c2cc3ccc4ccccc4c3c3ccccc23)cc1. The van der Waals surface area contributed by atoms with Crippen molar-refractivity contribution in [3.05, 3.63) is 170 Å². The van der Waals surface area contributed by atoms with Gasteiger partial charge >= 0.3 is 0 Å². The van der Waals surface area contributed by atoms with Crippen LogP contribution in [0.15, 0.2) is 170 Å². The Morgan fingerprint density at radius 2 is 0.886 bits per heavy atom. The number of aromatic nitrogens is 1. The van der Waals surface area contributed by atoms with Crippen LogP contribution in [0.5, 0.6) is 0 Å². The van der Waals surface area contributed by atoms with Crippen LogP contribution in [0.1, 0.15) is 0 Å². The Bertz CT molecular complexity index is 2430. The Hall–Kier alpha value is -5.86. The highest BCUT2D eigenvalue weighted by Crippen LogP contribution is 2.44. The van der Waals surface area contributed by atoms with Crippen molar-refractivity contribution in [1.82, 2.24) is 4.57 Å². The van der Waals surface area contributed by atoms with Gasteiger partial charge in [0.25, 0.3) is 0 Å². The summed E-state index contributed by atoms with van der Waals surface area (Å²) in [6.07, 6.45) is 0. The van der Waals surface area contributed by atoms with Gasteiger partial charge in [0.05, 0.1) is 16.7 Å². The van der Waals surface area contributed by atoms with E-state index in [1.165, 1.54) is 59.8 Å². The first-order valence-corrected chi connectivity index (χ1v) is 15.1. The fourth-order valence-corrected chi connectivity index (χ4v) is 7.00. The van der Waals surface area contributed by atoms with E-state index < -0.39 is 0 Å². The quantitative estimate of drug-likeness (QED) is 0.194. The zero-order valence-corrected chi connectivity index (χ0v) is 24.1. The van der Waals surface area contributed by atoms with Gasteiger partial charge in [-0.2, -0.15) is 0 Å². The summed E-state index contributed by atoms with van der Waals surface area (Å²) in [6.45, 7) is 0. The number of nitrogens with zero attached hydrogens (tertiary/aromatic N) is 2. The molecule has 9 aromatic rings. The molecule has 0 N–H and O–H groups in total. The lowest BCUT2D eigenvalue weighted by Crippen LogP contribution is -2.10. The number of hydrogen-bond donors (Lipinski definition) is 0. The molecule has 0 aliphatic heterocycles. The fraction of sp³-hybridized carbons (Fsp3) is 0. The van der Waals surface area contributed by atoms with Gasteiger partial charge in [-0.25, -0.2) is 0 Å². The molecule has 2 nitrogen and oxygen atoms in total. The number of fused-ring (bicyclic) bond motifs is 8. The Labute approximate surface area is 255 Å². The van der Waals surface area contributed by atoms with Crippen LogP contribution in [0.2, 0.25) is 0 Å². The first kappa shape index (κ1) is 24.7. The molecule has 0 aliphatic rings. The van der Waals surface area contributed by atoms with Gasteiger partial charge in [-0.1, -0.05) is 115 Å². The topological polar surface area (TPSA) is 8.17 Å². The third-order valence-corrected chi connectivity index (χ3v) is 8.93. The summed E-state index contributed by atoms with van der Waals surface area (Å²) in [5, 5.41) is 10.1. The van der Waals surface area contributed by atoms with Crippen molar-refractivity contribution < 1.29 is 0 Å². The molecule has 2 heteroatoms. The van der Waals surface area contributed by atoms with Gasteiger partial charge in [-0.3, -0.25) is 0 Å². The smallest absolute Gasteiger partial charge is 0.0546 e. The first-order chi connectivity index (χ1) is 21.8. The van der Waals surface area contributed by atoms with Crippen LogP contribution in [0.3, 0.4) is 0 Å². The molecule has 1 heterocycles. The van der Waals surface area contributed by atoms with E-state index in [2.05, 4.69) is 179 Å². The lowest BCUT2D eigenvalue weighted by atomic mass is 9.94. The summed E-state index contributed by atoms with van der Waals surface area (Å²) in [5.74, 6) is 0. The van der Waals surface area contributed by atoms with Gasteiger partial charge in [-0.15, -0.1) is 0 Å². The number of para-hydroxylation sites is 3. The maximum atomic E-state index is 2.40. The standard InChI is InChI=1S/C42H28N2/c1-2-13-31(14-3-1)43(41-28-30-23-22-29-12-4-5-15-34(29)42(30)38-19-7-6-18-37(38)41)32-24-26-33(27-25-32)44-39-20-10-8-16-35(39)36-17-9-11-21-40(36)44/h1-28H. The van der Waals surface area contributed by atoms with Crippen molar-refractivity contribution in [2.75, 3.05) is 4.90 Å². The summed E-state index contributed by atoms with van der Waals surface area (Å²) >= 11 is 0. The van der Waals surface area contributed by atoms with Crippen LogP contribution in [-0.4, -0.2) is 4.57 Å². The molecule has 0 atom stereocenters. The minimum Gasteiger partial charge on any atom is -0.310 e. The van der Waals surface area contributed by atoms with Gasteiger partial charge < -0.3 is 9.47 Å². The molecule has 1 aromatic heterocycles. The highest BCUT2D eigenvalue weighted by Gasteiger charge is 2.19. The van der Waals surface area contributed by atoms with Crippen molar-refractivity contribution in [3.8, 4) is 5.69 Å². The lowest BCUT2D eigenvalue weighted by molar-refractivity contribution is 1.17. The maximum Gasteiger partial charge on any atom is 0.0546 e. The minimum absolute atomic E-state index is 1.12. The molecule has 0 bridgehead atoms. The first-order valence-electron chi connectivity index (χ1n) is 15.1. The average Bonchev–Trinajstić information content (AvgIpc) is 3.43. The zero-order chi connectivity index (χ0) is 29.0. The predicted molar refractivity (Wildman–Crippen MR) is 188 cm³/mol. The Morgan fingerprint density at radius 3 is 1.59 bits per heavy atom. The van der Waals surface area contributed by atoms with Gasteiger partial charge in [0.15, 0.2) is 0 Å². The highest BCUT2D eigenvalue weighted by atomic mass is 15.1. The molecule has 0 amide bonds. The monoisotopic (exact) mass is 560 g/mol. The fourth-order valence-electron chi connectivity index (χ4n) is 7.00.